The van der Waals surface area contributed by atoms with Crippen LogP contribution in [-0.4, -0.2) is 41.2 Å². The summed E-state index contributed by atoms with van der Waals surface area (Å²) in [6, 6.07) is 7.26. The lowest BCUT2D eigenvalue weighted by atomic mass is 9.79. The highest BCUT2D eigenvalue weighted by atomic mass is 16.5. The molecule has 2 saturated heterocycles. The lowest BCUT2D eigenvalue weighted by Gasteiger charge is -2.24. The Balaban J connectivity index is 1.54. The van der Waals surface area contributed by atoms with Crippen molar-refractivity contribution in [1.29, 1.82) is 0 Å². The fourth-order valence-electron chi connectivity index (χ4n) is 3.58. The summed E-state index contributed by atoms with van der Waals surface area (Å²) < 4.78 is 11.1. The van der Waals surface area contributed by atoms with Gasteiger partial charge in [0.2, 0.25) is 5.91 Å². The molecule has 1 aromatic rings. The average Bonchev–Trinajstić information content (AvgIpc) is 3.20. The van der Waals surface area contributed by atoms with E-state index in [2.05, 4.69) is 10.9 Å². The van der Waals surface area contributed by atoms with Crippen molar-refractivity contribution in [3.63, 3.8) is 0 Å². The van der Waals surface area contributed by atoms with Crippen LogP contribution < -0.4 is 15.6 Å². The molecule has 2 heterocycles. The Morgan fingerprint density at radius 2 is 1.88 bits per heavy atom. The van der Waals surface area contributed by atoms with Crippen molar-refractivity contribution in [2.45, 2.75) is 45.0 Å². The van der Waals surface area contributed by atoms with Gasteiger partial charge in [-0.3, -0.25) is 25.2 Å². The van der Waals surface area contributed by atoms with Crippen LogP contribution in [0.25, 0.3) is 0 Å². The lowest BCUT2D eigenvalue weighted by Crippen LogP contribution is -2.52. The van der Waals surface area contributed by atoms with E-state index in [9.17, 15) is 19.5 Å². The molecule has 3 N–H and O–H groups in total. The zero-order valence-electron chi connectivity index (χ0n) is 14.6. The Hall–Kier alpha value is -2.61. The van der Waals surface area contributed by atoms with Gasteiger partial charge in [0.25, 0.3) is 5.91 Å². The first kappa shape index (κ1) is 18.2. The maximum Gasteiger partial charge on any atom is 0.310 e. The van der Waals surface area contributed by atoms with Crippen LogP contribution in [0.3, 0.4) is 0 Å². The number of hydrazine groups is 1. The molecule has 2 bridgehead atoms. The number of hydrogen-bond donors (Lipinski definition) is 3. The van der Waals surface area contributed by atoms with Crippen LogP contribution in [0, 0.1) is 18.8 Å². The molecule has 0 aromatic heterocycles. The first-order valence-electron chi connectivity index (χ1n) is 8.58. The molecule has 0 saturated carbocycles. The number of carboxylic acids is 1. The van der Waals surface area contributed by atoms with Gasteiger partial charge >= 0.3 is 5.97 Å². The van der Waals surface area contributed by atoms with Gasteiger partial charge in [0, 0.05) is 0 Å². The fraction of sp³-hybridized carbons (Fsp3) is 0.500. The third kappa shape index (κ3) is 3.65. The predicted molar refractivity (Wildman–Crippen MR) is 90.1 cm³/mol. The van der Waals surface area contributed by atoms with Crippen molar-refractivity contribution in [2.24, 2.45) is 11.8 Å². The fourth-order valence-corrected chi connectivity index (χ4v) is 3.58. The van der Waals surface area contributed by atoms with E-state index in [1.807, 2.05) is 19.1 Å². The molecule has 8 nitrogen and oxygen atoms in total. The van der Waals surface area contributed by atoms with E-state index in [-0.39, 0.29) is 0 Å². The maximum atomic E-state index is 12.4. The minimum atomic E-state index is -1.06. The summed E-state index contributed by atoms with van der Waals surface area (Å²) in [5.41, 5.74) is 5.61. The predicted octanol–water partition coefficient (Wildman–Crippen LogP) is 0.788. The van der Waals surface area contributed by atoms with E-state index in [1.54, 1.807) is 19.1 Å². The van der Waals surface area contributed by atoms with Crippen molar-refractivity contribution in [3.8, 4) is 5.75 Å². The molecule has 2 fully saturated rings. The summed E-state index contributed by atoms with van der Waals surface area (Å²) in [4.78, 5) is 35.9. The van der Waals surface area contributed by atoms with E-state index in [0.717, 1.165) is 5.56 Å². The molecule has 140 valence electrons. The molecule has 0 aliphatic carbocycles. The van der Waals surface area contributed by atoms with Gasteiger partial charge in [0.15, 0.2) is 6.10 Å². The smallest absolute Gasteiger partial charge is 0.310 e. The van der Waals surface area contributed by atoms with Crippen LogP contribution in [-0.2, 0) is 19.1 Å². The van der Waals surface area contributed by atoms with Crippen LogP contribution in [0.5, 0.6) is 5.75 Å². The molecule has 0 unspecified atom stereocenters. The molecule has 3 rings (SSSR count). The van der Waals surface area contributed by atoms with E-state index in [4.69, 9.17) is 9.47 Å². The molecule has 0 radical (unpaired) electrons. The second kappa shape index (κ2) is 7.33. The van der Waals surface area contributed by atoms with Crippen LogP contribution >= 0.6 is 0 Å². The largest absolute Gasteiger partial charge is 0.481 e. The summed E-state index contributed by atoms with van der Waals surface area (Å²) in [7, 11) is 0. The number of aliphatic carboxylic acids is 1. The van der Waals surface area contributed by atoms with E-state index < -0.39 is 47.9 Å². The van der Waals surface area contributed by atoms with Crippen molar-refractivity contribution < 1.29 is 29.0 Å². The van der Waals surface area contributed by atoms with Crippen LogP contribution in [0.4, 0.5) is 0 Å². The highest BCUT2D eigenvalue weighted by Gasteiger charge is 2.55. The topological polar surface area (TPSA) is 114 Å². The number of nitrogens with one attached hydrogen (secondary N) is 2. The zero-order chi connectivity index (χ0) is 18.8. The van der Waals surface area contributed by atoms with Gasteiger partial charge in [-0.2, -0.15) is 0 Å². The van der Waals surface area contributed by atoms with Gasteiger partial charge in [-0.25, -0.2) is 0 Å². The molecular formula is C18H22N2O6. The molecular weight excluding hydrogens is 340 g/mol. The van der Waals surface area contributed by atoms with E-state index in [0.29, 0.717) is 18.6 Å². The zero-order valence-corrected chi connectivity index (χ0v) is 14.6. The normalized spacial score (nSPS) is 27.6. The number of carbonyl (C=O) groups is 3. The number of amides is 2. The number of fused-ring (bicyclic) bond motifs is 2. The number of hydrogen-bond acceptors (Lipinski definition) is 5. The monoisotopic (exact) mass is 362 g/mol. The van der Waals surface area contributed by atoms with Gasteiger partial charge in [-0.05, 0) is 44.4 Å². The van der Waals surface area contributed by atoms with E-state index in [1.165, 1.54) is 0 Å². The Morgan fingerprint density at radius 3 is 2.54 bits per heavy atom. The van der Waals surface area contributed by atoms with Crippen LogP contribution in [0.1, 0.15) is 25.3 Å². The van der Waals surface area contributed by atoms with E-state index >= 15 is 0 Å². The number of ether oxygens (including phenoxy) is 2. The maximum absolute atomic E-state index is 12.4. The summed E-state index contributed by atoms with van der Waals surface area (Å²) in [6.07, 6.45) is -0.401. The Kier molecular flexibility index (Phi) is 5.13. The molecule has 0 spiro atoms. The summed E-state index contributed by atoms with van der Waals surface area (Å²) in [6.45, 7) is 3.47. The number of aryl methyl sites for hydroxylation is 1. The van der Waals surface area contributed by atoms with Crippen molar-refractivity contribution >= 4 is 17.8 Å². The number of rotatable bonds is 5. The van der Waals surface area contributed by atoms with Crippen molar-refractivity contribution in [2.75, 3.05) is 0 Å². The van der Waals surface area contributed by atoms with Crippen LogP contribution in [0.15, 0.2) is 24.3 Å². The first-order valence-corrected chi connectivity index (χ1v) is 8.58. The molecule has 26 heavy (non-hydrogen) atoms. The summed E-state index contributed by atoms with van der Waals surface area (Å²) >= 11 is 0. The lowest BCUT2D eigenvalue weighted by molar-refractivity contribution is -0.148. The highest BCUT2D eigenvalue weighted by molar-refractivity contribution is 5.89. The number of benzene rings is 1. The van der Waals surface area contributed by atoms with Crippen LogP contribution in [0.2, 0.25) is 0 Å². The minimum Gasteiger partial charge on any atom is -0.481 e. The number of carboxylic acid groups (broad SMARTS) is 1. The average molecular weight is 362 g/mol. The molecule has 5 atom stereocenters. The summed E-state index contributed by atoms with van der Waals surface area (Å²) in [5, 5.41) is 9.34. The Labute approximate surface area is 150 Å². The quantitative estimate of drug-likeness (QED) is 0.667. The second-order valence-electron chi connectivity index (χ2n) is 6.74. The standard InChI is InChI=1S/C18H22N2O6/c1-9-4-3-5-11(8-9)25-10(2)16(21)19-20-17(22)14-12-6-7-13(26-12)15(14)18(23)24/h3-5,8,10,12-15H,6-7H2,1-2H3,(H,19,21)(H,20,22)(H,23,24)/t10-,12-,13-,14+,15+/m1/s1. The van der Waals surface area contributed by atoms with Gasteiger partial charge in [0.05, 0.1) is 24.0 Å². The molecule has 2 aliphatic rings. The van der Waals surface area contributed by atoms with Crippen molar-refractivity contribution in [3.05, 3.63) is 29.8 Å². The number of carbonyl (C=O) groups excluding carboxylic acids is 2. The summed E-state index contributed by atoms with van der Waals surface area (Å²) in [5.74, 6) is -3.28. The molecule has 1 aromatic carbocycles. The third-order valence-electron chi connectivity index (χ3n) is 4.84. The Bertz CT molecular complexity index is 721. The highest BCUT2D eigenvalue weighted by Crippen LogP contribution is 2.43. The SMILES string of the molecule is Cc1cccc(O[C@H](C)C(=O)NNC(=O)[C@@H]2[C@@H](C(=O)O)[C@H]3CC[C@H]2O3)c1. The minimum absolute atomic E-state index is 0.418. The second-order valence-corrected chi connectivity index (χ2v) is 6.74. The van der Waals surface area contributed by atoms with Gasteiger partial charge in [-0.15, -0.1) is 0 Å². The van der Waals surface area contributed by atoms with Gasteiger partial charge in [-0.1, -0.05) is 12.1 Å². The molecule has 8 heteroatoms. The molecule has 2 amide bonds. The third-order valence-corrected chi connectivity index (χ3v) is 4.84. The van der Waals surface area contributed by atoms with Crippen molar-refractivity contribution in [1.82, 2.24) is 10.9 Å². The first-order chi connectivity index (χ1) is 12.4. The molecule has 2 aliphatic heterocycles. The van der Waals surface area contributed by atoms with Gasteiger partial charge in [0.1, 0.15) is 5.75 Å². The van der Waals surface area contributed by atoms with Gasteiger partial charge < -0.3 is 14.6 Å². The Morgan fingerprint density at radius 1 is 1.19 bits per heavy atom.